The van der Waals surface area contributed by atoms with Gasteiger partial charge in [0.15, 0.2) is 10.9 Å². The molecule has 1 atom stereocenters. The predicted molar refractivity (Wildman–Crippen MR) is 89.8 cm³/mol. The van der Waals surface area contributed by atoms with E-state index in [2.05, 4.69) is 4.74 Å². The van der Waals surface area contributed by atoms with E-state index in [-0.39, 0.29) is 10.6 Å². The zero-order valence-electron chi connectivity index (χ0n) is 15.4. The van der Waals surface area contributed by atoms with Crippen LogP contribution >= 0.6 is 11.3 Å². The smallest absolute Gasteiger partial charge is 0.412 e. The highest BCUT2D eigenvalue weighted by Gasteiger charge is 2.42. The van der Waals surface area contributed by atoms with Gasteiger partial charge in [-0.25, -0.2) is 9.59 Å². The van der Waals surface area contributed by atoms with E-state index in [9.17, 15) is 22.8 Å². The number of halogens is 3. The molecule has 0 spiro atoms. The number of methoxy groups -OCH3 is 1. The first-order valence-electron chi connectivity index (χ1n) is 7.63. The van der Waals surface area contributed by atoms with Crippen LogP contribution in [0, 0.1) is 13.8 Å². The molecule has 0 aromatic carbocycles. The maximum absolute atomic E-state index is 13.2. The summed E-state index contributed by atoms with van der Waals surface area (Å²) in [6, 6.07) is -2.30. The molecule has 1 unspecified atom stereocenters. The Balaban J connectivity index is 2.95. The van der Waals surface area contributed by atoms with Gasteiger partial charge in [0, 0.05) is 10.4 Å². The molecule has 1 rings (SSSR count). The average Bonchev–Trinajstić information content (AvgIpc) is 2.75. The van der Waals surface area contributed by atoms with E-state index in [1.165, 1.54) is 27.9 Å². The highest BCUT2D eigenvalue weighted by molar-refractivity contribution is 7.14. The van der Waals surface area contributed by atoms with Crippen molar-refractivity contribution >= 4 is 23.4 Å². The lowest BCUT2D eigenvalue weighted by Crippen LogP contribution is -2.50. The van der Waals surface area contributed by atoms with Crippen LogP contribution in [0.2, 0.25) is 0 Å². The number of alkyl halides is 3. The fraction of sp³-hybridized carbons (Fsp3) is 0.625. The van der Waals surface area contributed by atoms with Crippen molar-refractivity contribution in [2.24, 2.45) is 0 Å². The minimum Gasteiger partial charge on any atom is -0.489 e. The molecule has 0 aliphatic carbocycles. The summed E-state index contributed by atoms with van der Waals surface area (Å²) in [6.07, 6.45) is -5.98. The number of nitrogens with one attached hydrogen (secondary N) is 1. The highest BCUT2D eigenvalue weighted by Crippen LogP contribution is 2.35. The van der Waals surface area contributed by atoms with Gasteiger partial charge in [0.05, 0.1) is 7.11 Å². The van der Waals surface area contributed by atoms with E-state index >= 15 is 0 Å². The van der Waals surface area contributed by atoms with Gasteiger partial charge in [0.2, 0.25) is 0 Å². The first-order chi connectivity index (χ1) is 11.8. The summed E-state index contributed by atoms with van der Waals surface area (Å²) in [4.78, 5) is 24.2. The fourth-order valence-electron chi connectivity index (χ4n) is 1.84. The van der Waals surface area contributed by atoms with Crippen molar-refractivity contribution in [3.05, 3.63) is 15.3 Å². The summed E-state index contributed by atoms with van der Waals surface area (Å²) in [5, 5.41) is 1.75. The second kappa shape index (κ2) is 8.15. The van der Waals surface area contributed by atoms with Crippen LogP contribution in [0.1, 0.15) is 40.9 Å². The Morgan fingerprint density at radius 3 is 2.23 bits per heavy atom. The van der Waals surface area contributed by atoms with Crippen LogP contribution in [-0.2, 0) is 9.47 Å². The topological polar surface area (TPSA) is 73.9 Å². The maximum Gasteiger partial charge on any atom is 0.412 e. The summed E-state index contributed by atoms with van der Waals surface area (Å²) in [6.45, 7) is 7.02. The highest BCUT2D eigenvalue weighted by atomic mass is 32.1. The molecular weight excluding hydrogens is 375 g/mol. The SMILES string of the molecule is COC(=O)c1sc(C)c(C)c1OCC(NC(=O)OC(C)(C)C)C(F)(F)F. The van der Waals surface area contributed by atoms with Crippen molar-refractivity contribution < 1.29 is 37.0 Å². The molecule has 6 nitrogen and oxygen atoms in total. The minimum absolute atomic E-state index is 0.0135. The third-order valence-electron chi connectivity index (χ3n) is 3.18. The number of hydrogen-bond acceptors (Lipinski definition) is 6. The van der Waals surface area contributed by atoms with Gasteiger partial charge in [0.1, 0.15) is 18.0 Å². The van der Waals surface area contributed by atoms with Crippen LogP contribution in [0.3, 0.4) is 0 Å². The lowest BCUT2D eigenvalue weighted by Gasteiger charge is -2.25. The third kappa shape index (κ3) is 6.08. The third-order valence-corrected chi connectivity index (χ3v) is 4.35. The molecule has 1 N–H and O–H groups in total. The number of carbonyl (C=O) groups is 2. The standard InChI is InChI=1S/C16H22F3NO5S/c1-8-9(2)26-12(13(21)23-6)11(8)24-7-10(16(17,18)19)20-14(22)25-15(3,4)5/h10H,7H2,1-6H3,(H,20,22). The van der Waals surface area contributed by atoms with Gasteiger partial charge in [-0.2, -0.15) is 13.2 Å². The van der Waals surface area contributed by atoms with E-state index in [1.54, 1.807) is 19.2 Å². The van der Waals surface area contributed by atoms with Crippen LogP contribution in [0.5, 0.6) is 5.75 Å². The fourth-order valence-corrected chi connectivity index (χ4v) is 2.86. The van der Waals surface area contributed by atoms with Gasteiger partial charge in [0.25, 0.3) is 0 Å². The molecular formula is C16H22F3NO5S. The molecule has 0 aliphatic heterocycles. The van der Waals surface area contributed by atoms with E-state index in [4.69, 9.17) is 9.47 Å². The van der Waals surface area contributed by atoms with Gasteiger partial charge < -0.3 is 19.5 Å². The van der Waals surface area contributed by atoms with Crippen molar-refractivity contribution in [2.45, 2.75) is 52.4 Å². The van der Waals surface area contributed by atoms with Crippen LogP contribution < -0.4 is 10.1 Å². The van der Waals surface area contributed by atoms with Gasteiger partial charge in [-0.3, -0.25) is 0 Å². The number of amides is 1. The lowest BCUT2D eigenvalue weighted by atomic mass is 10.2. The Bertz CT molecular complexity index is 664. The summed E-state index contributed by atoms with van der Waals surface area (Å²) >= 11 is 1.06. The minimum atomic E-state index is -4.76. The van der Waals surface area contributed by atoms with E-state index < -0.39 is 36.5 Å². The van der Waals surface area contributed by atoms with Crippen LogP contribution in [-0.4, -0.2) is 43.6 Å². The number of alkyl carbamates (subject to hydrolysis) is 1. The monoisotopic (exact) mass is 397 g/mol. The zero-order chi connectivity index (χ0) is 20.3. The Labute approximate surface area is 153 Å². The lowest BCUT2D eigenvalue weighted by molar-refractivity contribution is -0.161. The Kier molecular flexibility index (Phi) is 6.92. The Morgan fingerprint density at radius 2 is 1.77 bits per heavy atom. The summed E-state index contributed by atoms with van der Waals surface area (Å²) in [5.41, 5.74) is -0.409. The molecule has 0 radical (unpaired) electrons. The molecule has 10 heteroatoms. The van der Waals surface area contributed by atoms with Crippen molar-refractivity contribution in [3.63, 3.8) is 0 Å². The van der Waals surface area contributed by atoms with E-state index in [1.807, 2.05) is 0 Å². The molecule has 0 saturated heterocycles. The second-order valence-corrected chi connectivity index (χ2v) is 7.71. The largest absolute Gasteiger partial charge is 0.489 e. The second-order valence-electron chi connectivity index (χ2n) is 6.48. The first-order valence-corrected chi connectivity index (χ1v) is 8.45. The average molecular weight is 397 g/mol. The van der Waals surface area contributed by atoms with E-state index in [0.717, 1.165) is 11.3 Å². The van der Waals surface area contributed by atoms with Crippen molar-refractivity contribution in [1.82, 2.24) is 5.32 Å². The molecule has 0 aliphatic rings. The van der Waals surface area contributed by atoms with Crippen molar-refractivity contribution in [2.75, 3.05) is 13.7 Å². The Morgan fingerprint density at radius 1 is 1.19 bits per heavy atom. The Hall–Kier alpha value is -1.97. The normalized spacial score (nSPS) is 13.1. The number of carbonyl (C=O) groups excluding carboxylic acids is 2. The number of hydrogen-bond donors (Lipinski definition) is 1. The molecule has 1 heterocycles. The molecule has 0 fully saturated rings. The number of rotatable bonds is 5. The van der Waals surface area contributed by atoms with Gasteiger partial charge in [-0.1, -0.05) is 0 Å². The van der Waals surface area contributed by atoms with Crippen LogP contribution in [0.25, 0.3) is 0 Å². The van der Waals surface area contributed by atoms with Crippen LogP contribution in [0.15, 0.2) is 0 Å². The summed E-state index contributed by atoms with van der Waals surface area (Å²) in [5.74, 6) is -0.690. The molecule has 1 aromatic rings. The number of ether oxygens (including phenoxy) is 3. The number of esters is 1. The number of aryl methyl sites for hydroxylation is 1. The van der Waals surface area contributed by atoms with Crippen LogP contribution in [0.4, 0.5) is 18.0 Å². The summed E-state index contributed by atoms with van der Waals surface area (Å²) < 4.78 is 54.3. The van der Waals surface area contributed by atoms with Gasteiger partial charge in [-0.15, -0.1) is 11.3 Å². The first kappa shape index (κ1) is 22.1. The maximum atomic E-state index is 13.2. The zero-order valence-corrected chi connectivity index (χ0v) is 16.2. The molecule has 0 saturated carbocycles. The molecule has 1 amide bonds. The summed E-state index contributed by atoms with van der Waals surface area (Å²) in [7, 11) is 1.17. The molecule has 148 valence electrons. The van der Waals surface area contributed by atoms with Crippen molar-refractivity contribution in [3.8, 4) is 5.75 Å². The predicted octanol–water partition coefficient (Wildman–Crippen LogP) is 3.99. The van der Waals surface area contributed by atoms with Gasteiger partial charge >= 0.3 is 18.2 Å². The molecule has 1 aromatic heterocycles. The van der Waals surface area contributed by atoms with E-state index in [0.29, 0.717) is 10.4 Å². The number of thiophene rings is 1. The quantitative estimate of drug-likeness (QED) is 0.761. The molecule has 26 heavy (non-hydrogen) atoms. The van der Waals surface area contributed by atoms with Crippen molar-refractivity contribution in [1.29, 1.82) is 0 Å². The van der Waals surface area contributed by atoms with Gasteiger partial charge in [-0.05, 0) is 34.6 Å². The molecule has 0 bridgehead atoms.